The number of urea groups is 1. The molecule has 1 heterocycles. The first-order chi connectivity index (χ1) is 12.4. The number of hydrogen-bond donors (Lipinski definition) is 2. The van der Waals surface area contributed by atoms with Crippen LogP contribution in [0, 0.1) is 0 Å². The molecule has 1 aromatic carbocycles. The van der Waals surface area contributed by atoms with E-state index >= 15 is 0 Å². The number of rotatable bonds is 5. The van der Waals surface area contributed by atoms with E-state index in [4.69, 9.17) is 23.2 Å². The molecule has 1 unspecified atom stereocenters. The lowest BCUT2D eigenvalue weighted by atomic mass is 10.0. The number of hydrogen-bond acceptors (Lipinski definition) is 3. The van der Waals surface area contributed by atoms with Gasteiger partial charge in [-0.25, -0.2) is 4.79 Å². The number of benzene rings is 1. The van der Waals surface area contributed by atoms with Crippen molar-refractivity contribution >= 4 is 34.9 Å². The molecule has 1 saturated heterocycles. The lowest BCUT2D eigenvalue weighted by Gasteiger charge is -2.35. The molecule has 5 nitrogen and oxygen atoms in total. The van der Waals surface area contributed by atoms with Gasteiger partial charge in [-0.05, 0) is 64.4 Å². The molecule has 2 fully saturated rings. The largest absolute Gasteiger partial charge is 0.381 e. The summed E-state index contributed by atoms with van der Waals surface area (Å²) in [5, 5.41) is 7.47. The third-order valence-electron chi connectivity index (χ3n) is 5.41. The fourth-order valence-corrected chi connectivity index (χ4v) is 3.93. The lowest BCUT2D eigenvalue weighted by Crippen LogP contribution is -2.48. The van der Waals surface area contributed by atoms with E-state index < -0.39 is 0 Å². The highest BCUT2D eigenvalue weighted by atomic mass is 35.5. The van der Waals surface area contributed by atoms with Crippen molar-refractivity contribution in [3.63, 3.8) is 0 Å². The summed E-state index contributed by atoms with van der Waals surface area (Å²) in [4.78, 5) is 16.8. The van der Waals surface area contributed by atoms with Gasteiger partial charge >= 0.3 is 6.03 Å². The Morgan fingerprint density at radius 3 is 2.46 bits per heavy atom. The summed E-state index contributed by atoms with van der Waals surface area (Å²) in [7, 11) is 3.99. The zero-order valence-electron chi connectivity index (χ0n) is 15.7. The molecule has 1 aliphatic carbocycles. The SMILES string of the molecule is CC(NC(=O)N(C)C1CCN(C)CC1)c1ccc(NC2CC2)c(Cl)c1Cl. The summed E-state index contributed by atoms with van der Waals surface area (Å²) in [6.45, 7) is 3.98. The minimum atomic E-state index is -0.212. The Labute approximate surface area is 166 Å². The van der Waals surface area contributed by atoms with Crippen LogP contribution in [0.25, 0.3) is 0 Å². The maximum Gasteiger partial charge on any atom is 0.317 e. The summed E-state index contributed by atoms with van der Waals surface area (Å²) in [6, 6.07) is 4.40. The van der Waals surface area contributed by atoms with Crippen LogP contribution in [0.2, 0.25) is 10.0 Å². The molecule has 1 aromatic rings. The molecular formula is C19H28Cl2N4O. The van der Waals surface area contributed by atoms with Gasteiger partial charge in [-0.2, -0.15) is 0 Å². The average molecular weight is 399 g/mol. The van der Waals surface area contributed by atoms with Crippen molar-refractivity contribution in [2.45, 2.75) is 50.7 Å². The van der Waals surface area contributed by atoms with Crippen molar-refractivity contribution in [1.82, 2.24) is 15.1 Å². The zero-order valence-corrected chi connectivity index (χ0v) is 17.2. The highest BCUT2D eigenvalue weighted by molar-refractivity contribution is 6.44. The maximum absolute atomic E-state index is 12.6. The summed E-state index contributed by atoms with van der Waals surface area (Å²) in [5.74, 6) is 0. The molecule has 0 radical (unpaired) electrons. The van der Waals surface area contributed by atoms with E-state index in [1.54, 1.807) is 0 Å². The summed E-state index contributed by atoms with van der Waals surface area (Å²) in [5.41, 5.74) is 1.70. The smallest absolute Gasteiger partial charge is 0.317 e. The normalized spacial score (nSPS) is 19.9. The van der Waals surface area contributed by atoms with Crippen LogP contribution in [0.5, 0.6) is 0 Å². The molecule has 144 valence electrons. The molecule has 26 heavy (non-hydrogen) atoms. The number of nitrogens with zero attached hydrogens (tertiary/aromatic N) is 2. The number of anilines is 1. The van der Waals surface area contributed by atoms with Crippen molar-refractivity contribution in [3.8, 4) is 0 Å². The molecule has 2 N–H and O–H groups in total. The summed E-state index contributed by atoms with van der Waals surface area (Å²) < 4.78 is 0. The molecule has 1 aliphatic heterocycles. The molecule has 0 bridgehead atoms. The number of nitrogens with one attached hydrogen (secondary N) is 2. The third kappa shape index (κ3) is 4.56. The molecule has 2 amide bonds. The van der Waals surface area contributed by atoms with Crippen molar-refractivity contribution in [2.24, 2.45) is 0 Å². The van der Waals surface area contributed by atoms with Gasteiger partial charge in [0.15, 0.2) is 0 Å². The Hall–Kier alpha value is -1.17. The van der Waals surface area contributed by atoms with E-state index in [0.717, 1.165) is 37.2 Å². The van der Waals surface area contributed by atoms with E-state index in [9.17, 15) is 4.79 Å². The standard InChI is InChI=1S/C19H28Cl2N4O/c1-12(22-19(26)25(3)14-8-10-24(2)11-9-14)15-6-7-16(18(21)17(15)20)23-13-4-5-13/h6-7,12-14,23H,4-5,8-11H2,1-3H3,(H,22,26). The Bertz CT molecular complexity index is 657. The summed E-state index contributed by atoms with van der Waals surface area (Å²) in [6.07, 6.45) is 4.35. The predicted octanol–water partition coefficient (Wildman–Crippen LogP) is 4.36. The van der Waals surface area contributed by atoms with E-state index in [1.807, 2.05) is 31.0 Å². The first-order valence-electron chi connectivity index (χ1n) is 9.33. The Morgan fingerprint density at radius 2 is 1.85 bits per heavy atom. The summed E-state index contributed by atoms with van der Waals surface area (Å²) >= 11 is 12.9. The maximum atomic E-state index is 12.6. The molecule has 0 aromatic heterocycles. The van der Waals surface area contributed by atoms with Crippen LogP contribution in [0.1, 0.15) is 44.2 Å². The quantitative estimate of drug-likeness (QED) is 0.773. The minimum Gasteiger partial charge on any atom is -0.381 e. The highest BCUT2D eigenvalue weighted by Gasteiger charge is 2.26. The molecule has 3 rings (SSSR count). The van der Waals surface area contributed by atoms with Crippen molar-refractivity contribution in [1.29, 1.82) is 0 Å². The van der Waals surface area contributed by atoms with Crippen molar-refractivity contribution in [3.05, 3.63) is 27.7 Å². The number of piperidine rings is 1. The van der Waals surface area contributed by atoms with E-state index in [-0.39, 0.29) is 18.1 Å². The zero-order chi connectivity index (χ0) is 18.8. The van der Waals surface area contributed by atoms with E-state index in [0.29, 0.717) is 16.1 Å². The monoisotopic (exact) mass is 398 g/mol. The Morgan fingerprint density at radius 1 is 1.19 bits per heavy atom. The number of halogens is 2. The van der Waals surface area contributed by atoms with E-state index in [2.05, 4.69) is 22.6 Å². The van der Waals surface area contributed by atoms with Crippen LogP contribution in [0.3, 0.4) is 0 Å². The fraction of sp³-hybridized carbons (Fsp3) is 0.632. The molecule has 0 spiro atoms. The van der Waals surface area contributed by atoms with Crippen LogP contribution in [0.15, 0.2) is 12.1 Å². The number of carbonyl (C=O) groups is 1. The highest BCUT2D eigenvalue weighted by Crippen LogP contribution is 2.38. The first kappa shape index (κ1) is 19.6. The second-order valence-corrected chi connectivity index (χ2v) is 8.32. The topological polar surface area (TPSA) is 47.6 Å². The van der Waals surface area contributed by atoms with Crippen molar-refractivity contribution < 1.29 is 4.79 Å². The fourth-order valence-electron chi connectivity index (χ4n) is 3.37. The van der Waals surface area contributed by atoms with Crippen LogP contribution in [-0.4, -0.2) is 55.1 Å². The Kier molecular flexibility index (Phi) is 6.21. The van der Waals surface area contributed by atoms with Gasteiger partial charge in [0, 0.05) is 19.1 Å². The predicted molar refractivity (Wildman–Crippen MR) is 108 cm³/mol. The van der Waals surface area contributed by atoms with Crippen LogP contribution < -0.4 is 10.6 Å². The third-order valence-corrected chi connectivity index (χ3v) is 6.31. The second kappa shape index (κ2) is 8.24. The minimum absolute atomic E-state index is 0.0700. The molecule has 7 heteroatoms. The van der Waals surface area contributed by atoms with Crippen molar-refractivity contribution in [2.75, 3.05) is 32.5 Å². The van der Waals surface area contributed by atoms with E-state index in [1.165, 1.54) is 12.8 Å². The van der Waals surface area contributed by atoms with Gasteiger partial charge < -0.3 is 20.4 Å². The van der Waals surface area contributed by atoms with Gasteiger partial charge in [0.25, 0.3) is 0 Å². The molecule has 1 saturated carbocycles. The molecule has 1 atom stereocenters. The van der Waals surface area contributed by atoms with Gasteiger partial charge in [-0.3, -0.25) is 0 Å². The van der Waals surface area contributed by atoms with Gasteiger partial charge in [0.05, 0.1) is 21.8 Å². The molecular weight excluding hydrogens is 371 g/mol. The number of amides is 2. The molecule has 2 aliphatic rings. The first-order valence-corrected chi connectivity index (χ1v) is 10.1. The Balaban J connectivity index is 1.62. The second-order valence-electron chi connectivity index (χ2n) is 7.57. The number of carbonyl (C=O) groups excluding carboxylic acids is 1. The van der Waals surface area contributed by atoms with Crippen LogP contribution in [0.4, 0.5) is 10.5 Å². The average Bonchev–Trinajstić information content (AvgIpc) is 3.43. The lowest BCUT2D eigenvalue weighted by molar-refractivity contribution is 0.146. The van der Waals surface area contributed by atoms with Gasteiger partial charge in [0.1, 0.15) is 0 Å². The number of likely N-dealkylation sites (tertiary alicyclic amines) is 1. The van der Waals surface area contributed by atoms with Gasteiger partial charge in [0.2, 0.25) is 0 Å². The van der Waals surface area contributed by atoms with Crippen LogP contribution >= 0.6 is 23.2 Å². The van der Waals surface area contributed by atoms with Gasteiger partial charge in [-0.1, -0.05) is 29.3 Å². The van der Waals surface area contributed by atoms with Gasteiger partial charge in [-0.15, -0.1) is 0 Å². The van der Waals surface area contributed by atoms with Crippen LogP contribution in [-0.2, 0) is 0 Å².